The van der Waals surface area contributed by atoms with Gasteiger partial charge in [-0.05, 0) is 31.2 Å². The molecule has 2 heterocycles. The molecule has 156 valence electrons. The summed E-state index contributed by atoms with van der Waals surface area (Å²) in [6, 6.07) is 5.82. The fourth-order valence-electron chi connectivity index (χ4n) is 3.72. The standard InChI is InChI=1S/C20H32N4O3S/c1-4-27-17-6-5-16(13-18(17)25-3)23-19(21-2)22-14-20(7-12-28-15-20)24-8-10-26-11-9-24/h5-6,13H,4,7-12,14-15H2,1-3H3,(H2,21,22,23). The molecule has 2 N–H and O–H groups in total. The Morgan fingerprint density at radius 1 is 1.32 bits per heavy atom. The third-order valence-corrected chi connectivity index (χ3v) is 6.53. The minimum atomic E-state index is 0.169. The molecule has 0 radical (unpaired) electrons. The van der Waals surface area contributed by atoms with E-state index < -0.39 is 0 Å². The van der Waals surface area contributed by atoms with Crippen molar-refractivity contribution >= 4 is 23.4 Å². The maximum Gasteiger partial charge on any atom is 0.195 e. The van der Waals surface area contributed by atoms with Crippen molar-refractivity contribution in [2.75, 3.05) is 70.4 Å². The molecule has 0 amide bonds. The number of hydrogen-bond donors (Lipinski definition) is 2. The maximum absolute atomic E-state index is 5.59. The molecule has 2 aliphatic rings. The van der Waals surface area contributed by atoms with Gasteiger partial charge in [-0.15, -0.1) is 0 Å². The molecule has 1 atom stereocenters. The van der Waals surface area contributed by atoms with Gasteiger partial charge >= 0.3 is 0 Å². The maximum atomic E-state index is 5.59. The van der Waals surface area contributed by atoms with Gasteiger partial charge in [-0.25, -0.2) is 0 Å². The van der Waals surface area contributed by atoms with Crippen LogP contribution >= 0.6 is 11.8 Å². The molecule has 8 heteroatoms. The normalized spacial score (nSPS) is 23.5. The highest BCUT2D eigenvalue weighted by Gasteiger charge is 2.40. The van der Waals surface area contributed by atoms with Crippen LogP contribution in [0.2, 0.25) is 0 Å². The number of nitrogens with one attached hydrogen (secondary N) is 2. The van der Waals surface area contributed by atoms with E-state index in [0.29, 0.717) is 12.4 Å². The minimum Gasteiger partial charge on any atom is -0.493 e. The molecule has 1 unspecified atom stereocenters. The van der Waals surface area contributed by atoms with Crippen molar-refractivity contribution in [1.29, 1.82) is 0 Å². The first-order chi connectivity index (χ1) is 13.7. The van der Waals surface area contributed by atoms with Gasteiger partial charge in [0.15, 0.2) is 17.5 Å². The van der Waals surface area contributed by atoms with Crippen LogP contribution in [0.3, 0.4) is 0 Å². The molecule has 7 nitrogen and oxygen atoms in total. The summed E-state index contributed by atoms with van der Waals surface area (Å²) in [4.78, 5) is 7.00. The summed E-state index contributed by atoms with van der Waals surface area (Å²) in [5.41, 5.74) is 1.08. The first-order valence-electron chi connectivity index (χ1n) is 9.90. The van der Waals surface area contributed by atoms with Gasteiger partial charge in [0.1, 0.15) is 0 Å². The number of nitrogens with zero attached hydrogens (tertiary/aromatic N) is 2. The van der Waals surface area contributed by atoms with E-state index in [2.05, 4.69) is 20.5 Å². The predicted octanol–water partition coefficient (Wildman–Crippen LogP) is 2.29. The quantitative estimate of drug-likeness (QED) is 0.530. The molecule has 1 aromatic carbocycles. The molecule has 2 saturated heterocycles. The van der Waals surface area contributed by atoms with Gasteiger partial charge < -0.3 is 24.8 Å². The Hall–Kier alpha value is -1.64. The second-order valence-electron chi connectivity index (χ2n) is 6.98. The van der Waals surface area contributed by atoms with Crippen molar-refractivity contribution in [2.45, 2.75) is 18.9 Å². The molecular weight excluding hydrogens is 376 g/mol. The van der Waals surface area contributed by atoms with Crippen molar-refractivity contribution < 1.29 is 14.2 Å². The number of methoxy groups -OCH3 is 1. The number of aliphatic imine (C=N–C) groups is 1. The van der Waals surface area contributed by atoms with Gasteiger partial charge in [-0.1, -0.05) is 0 Å². The molecule has 0 aliphatic carbocycles. The minimum absolute atomic E-state index is 0.169. The van der Waals surface area contributed by atoms with Crippen molar-refractivity contribution in [1.82, 2.24) is 10.2 Å². The Kier molecular flexibility index (Phi) is 7.70. The van der Waals surface area contributed by atoms with E-state index in [-0.39, 0.29) is 5.54 Å². The lowest BCUT2D eigenvalue weighted by Gasteiger charge is -2.43. The molecule has 0 bridgehead atoms. The fourth-order valence-corrected chi connectivity index (χ4v) is 5.20. The molecule has 3 rings (SSSR count). The zero-order valence-electron chi connectivity index (χ0n) is 17.1. The lowest BCUT2D eigenvalue weighted by molar-refractivity contribution is -0.0119. The summed E-state index contributed by atoms with van der Waals surface area (Å²) in [5, 5.41) is 6.92. The fraction of sp³-hybridized carbons (Fsp3) is 0.650. The van der Waals surface area contributed by atoms with Crippen molar-refractivity contribution in [3.63, 3.8) is 0 Å². The van der Waals surface area contributed by atoms with Gasteiger partial charge in [-0.3, -0.25) is 9.89 Å². The van der Waals surface area contributed by atoms with Crippen LogP contribution in [0.25, 0.3) is 0 Å². The Labute approximate surface area is 172 Å². The lowest BCUT2D eigenvalue weighted by Crippen LogP contribution is -2.59. The highest BCUT2D eigenvalue weighted by Crippen LogP contribution is 2.34. The van der Waals surface area contributed by atoms with Gasteiger partial charge in [-0.2, -0.15) is 11.8 Å². The van der Waals surface area contributed by atoms with Crippen LogP contribution in [0.5, 0.6) is 11.5 Å². The van der Waals surface area contributed by atoms with E-state index in [1.165, 1.54) is 12.2 Å². The van der Waals surface area contributed by atoms with Crippen LogP contribution in [0.1, 0.15) is 13.3 Å². The van der Waals surface area contributed by atoms with Crippen LogP contribution in [-0.4, -0.2) is 81.5 Å². The number of benzene rings is 1. The van der Waals surface area contributed by atoms with E-state index in [4.69, 9.17) is 14.2 Å². The second-order valence-corrected chi connectivity index (χ2v) is 8.08. The number of thioether (sulfide) groups is 1. The number of morpholine rings is 1. The topological polar surface area (TPSA) is 67.4 Å². The summed E-state index contributed by atoms with van der Waals surface area (Å²) in [7, 11) is 3.45. The molecule has 0 saturated carbocycles. The zero-order valence-corrected chi connectivity index (χ0v) is 17.9. The number of hydrogen-bond acceptors (Lipinski definition) is 6. The largest absolute Gasteiger partial charge is 0.493 e. The van der Waals surface area contributed by atoms with E-state index in [1.54, 1.807) is 14.2 Å². The SMILES string of the molecule is CCOc1ccc(NC(=NC)NCC2(N3CCOCC3)CCSC2)cc1OC. The number of rotatable bonds is 7. The van der Waals surface area contributed by atoms with E-state index in [9.17, 15) is 0 Å². The van der Waals surface area contributed by atoms with E-state index >= 15 is 0 Å². The average molecular weight is 409 g/mol. The van der Waals surface area contributed by atoms with Gasteiger partial charge in [0.05, 0.1) is 26.9 Å². The van der Waals surface area contributed by atoms with E-state index in [1.807, 2.05) is 36.9 Å². The average Bonchev–Trinajstić information content (AvgIpc) is 3.23. The first kappa shape index (κ1) is 21.1. The first-order valence-corrected chi connectivity index (χ1v) is 11.1. The summed E-state index contributed by atoms with van der Waals surface area (Å²) >= 11 is 2.04. The summed E-state index contributed by atoms with van der Waals surface area (Å²) in [6.07, 6.45) is 1.19. The monoisotopic (exact) mass is 408 g/mol. The Bertz CT molecular complexity index is 659. The van der Waals surface area contributed by atoms with Crippen molar-refractivity contribution in [3.8, 4) is 11.5 Å². The van der Waals surface area contributed by atoms with Crippen molar-refractivity contribution in [3.05, 3.63) is 18.2 Å². The van der Waals surface area contributed by atoms with Crippen LogP contribution in [0, 0.1) is 0 Å². The van der Waals surface area contributed by atoms with Crippen LogP contribution < -0.4 is 20.1 Å². The summed E-state index contributed by atoms with van der Waals surface area (Å²) in [6.45, 7) is 7.09. The molecular formula is C20H32N4O3S. The third kappa shape index (κ3) is 5.04. The molecule has 2 aliphatic heterocycles. The van der Waals surface area contributed by atoms with Gasteiger partial charge in [0, 0.05) is 49.7 Å². The Morgan fingerprint density at radius 3 is 2.79 bits per heavy atom. The molecule has 2 fully saturated rings. The summed E-state index contributed by atoms with van der Waals surface area (Å²) in [5.74, 6) is 4.57. The Morgan fingerprint density at radius 2 is 2.14 bits per heavy atom. The molecule has 0 aromatic heterocycles. The smallest absolute Gasteiger partial charge is 0.195 e. The lowest BCUT2D eigenvalue weighted by atomic mass is 9.95. The van der Waals surface area contributed by atoms with Crippen LogP contribution in [0.15, 0.2) is 23.2 Å². The number of ether oxygens (including phenoxy) is 3. The van der Waals surface area contributed by atoms with Crippen LogP contribution in [0.4, 0.5) is 5.69 Å². The zero-order chi connectivity index (χ0) is 19.8. The molecule has 0 spiro atoms. The van der Waals surface area contributed by atoms with Crippen molar-refractivity contribution in [2.24, 2.45) is 4.99 Å². The second kappa shape index (κ2) is 10.2. The highest BCUT2D eigenvalue weighted by atomic mass is 32.2. The molecule has 1 aromatic rings. The van der Waals surface area contributed by atoms with E-state index in [0.717, 1.165) is 56.0 Å². The van der Waals surface area contributed by atoms with Gasteiger partial charge in [0.25, 0.3) is 0 Å². The predicted molar refractivity (Wildman–Crippen MR) is 116 cm³/mol. The number of guanidine groups is 1. The third-order valence-electron chi connectivity index (χ3n) is 5.30. The highest BCUT2D eigenvalue weighted by molar-refractivity contribution is 7.99. The Balaban J connectivity index is 1.64. The summed E-state index contributed by atoms with van der Waals surface area (Å²) < 4.78 is 16.6. The number of anilines is 1. The molecule has 28 heavy (non-hydrogen) atoms. The van der Waals surface area contributed by atoms with Gasteiger partial charge in [0.2, 0.25) is 0 Å². The van der Waals surface area contributed by atoms with Crippen LogP contribution in [-0.2, 0) is 4.74 Å².